The second kappa shape index (κ2) is 12.6. The van der Waals surface area contributed by atoms with Crippen molar-refractivity contribution >= 4 is 0 Å². The van der Waals surface area contributed by atoms with E-state index in [0.29, 0.717) is 18.3 Å². The van der Waals surface area contributed by atoms with Crippen molar-refractivity contribution in [3.8, 4) is 0 Å². The number of rotatable bonds is 13. The van der Waals surface area contributed by atoms with Crippen LogP contribution in [0.5, 0.6) is 0 Å². The summed E-state index contributed by atoms with van der Waals surface area (Å²) in [6.45, 7) is 8.08. The van der Waals surface area contributed by atoms with Gasteiger partial charge in [0.05, 0.1) is 11.7 Å². The Balaban J connectivity index is 1.33. The van der Waals surface area contributed by atoms with Crippen LogP contribution in [0.1, 0.15) is 104 Å². The Morgan fingerprint density at radius 2 is 1.87 bits per heavy atom. The van der Waals surface area contributed by atoms with Crippen LogP contribution in [0.15, 0.2) is 23.8 Å². The zero-order chi connectivity index (χ0) is 22.1. The first-order valence-electron chi connectivity index (χ1n) is 13.5. The molecule has 2 aliphatic carbocycles. The predicted molar refractivity (Wildman–Crippen MR) is 131 cm³/mol. The Hall–Kier alpha value is -0.640. The van der Waals surface area contributed by atoms with Crippen LogP contribution in [0.3, 0.4) is 0 Å². The minimum Gasteiger partial charge on any atom is -0.392 e. The fraction of sp³-hybridized carbons (Fsp3) is 0.857. The lowest BCUT2D eigenvalue weighted by Crippen LogP contribution is -2.30. The first kappa shape index (κ1) is 25.0. The second-order valence-electron chi connectivity index (χ2n) is 11.0. The van der Waals surface area contributed by atoms with Gasteiger partial charge in [0.1, 0.15) is 0 Å². The van der Waals surface area contributed by atoms with E-state index in [1.807, 2.05) is 6.92 Å². The van der Waals surface area contributed by atoms with Gasteiger partial charge in [-0.15, -0.1) is 0 Å². The van der Waals surface area contributed by atoms with Gasteiger partial charge < -0.3 is 15.1 Å². The van der Waals surface area contributed by atoms with Gasteiger partial charge >= 0.3 is 0 Å². The first-order valence-corrected chi connectivity index (χ1v) is 13.5. The Kier molecular flexibility index (Phi) is 10.1. The van der Waals surface area contributed by atoms with Gasteiger partial charge in [-0.2, -0.15) is 0 Å². The molecule has 3 heteroatoms. The van der Waals surface area contributed by atoms with Crippen molar-refractivity contribution in [2.75, 3.05) is 19.6 Å². The number of aliphatic hydroxyl groups excluding tert-OH is 1. The Morgan fingerprint density at radius 1 is 1.10 bits per heavy atom. The molecule has 1 saturated heterocycles. The second-order valence-corrected chi connectivity index (χ2v) is 11.0. The Labute approximate surface area is 192 Å². The van der Waals surface area contributed by atoms with Crippen LogP contribution < -0.4 is 0 Å². The maximum absolute atomic E-state index is 10.6. The summed E-state index contributed by atoms with van der Waals surface area (Å²) in [6, 6.07) is 0. The zero-order valence-electron chi connectivity index (χ0n) is 20.4. The highest BCUT2D eigenvalue weighted by Crippen LogP contribution is 2.48. The molecule has 1 aliphatic heterocycles. The molecule has 0 spiro atoms. The first-order chi connectivity index (χ1) is 15.0. The quantitative estimate of drug-likeness (QED) is 0.267. The summed E-state index contributed by atoms with van der Waals surface area (Å²) in [4.78, 5) is 2.66. The van der Waals surface area contributed by atoms with Gasteiger partial charge in [0.25, 0.3) is 0 Å². The van der Waals surface area contributed by atoms with Crippen molar-refractivity contribution < 1.29 is 10.2 Å². The average molecular weight is 432 g/mol. The highest BCUT2D eigenvalue weighted by Gasteiger charge is 2.43. The van der Waals surface area contributed by atoms with E-state index in [0.717, 1.165) is 25.7 Å². The summed E-state index contributed by atoms with van der Waals surface area (Å²) in [5.41, 5.74) is 1.04. The SMILES string of the molecule is CCCC[C@](C)(O)C/C=C/[C@@H]1[C@H]2CC(CCCCCCN3CCCCC3)=C[C@H]2C[C@H]1O. The number of unbranched alkanes of at least 4 members (excludes halogenated alkanes) is 4. The van der Waals surface area contributed by atoms with E-state index in [1.54, 1.807) is 5.57 Å². The molecule has 3 nitrogen and oxygen atoms in total. The number of aliphatic hydroxyl groups is 2. The average Bonchev–Trinajstić information content (AvgIpc) is 3.27. The summed E-state index contributed by atoms with van der Waals surface area (Å²) < 4.78 is 0. The number of piperidine rings is 1. The van der Waals surface area contributed by atoms with Crippen molar-refractivity contribution in [2.45, 2.75) is 115 Å². The molecule has 5 atom stereocenters. The van der Waals surface area contributed by atoms with E-state index in [-0.39, 0.29) is 12.0 Å². The van der Waals surface area contributed by atoms with Crippen LogP contribution in [0.2, 0.25) is 0 Å². The maximum atomic E-state index is 10.6. The van der Waals surface area contributed by atoms with Crippen molar-refractivity contribution in [1.82, 2.24) is 4.90 Å². The topological polar surface area (TPSA) is 43.7 Å². The van der Waals surface area contributed by atoms with E-state index in [9.17, 15) is 10.2 Å². The molecule has 0 bridgehead atoms. The van der Waals surface area contributed by atoms with Crippen molar-refractivity contribution in [3.05, 3.63) is 23.8 Å². The molecule has 3 aliphatic rings. The lowest BCUT2D eigenvalue weighted by Gasteiger charge is -2.26. The molecule has 0 radical (unpaired) electrons. The molecule has 0 aromatic rings. The maximum Gasteiger partial charge on any atom is 0.0654 e. The molecule has 2 fully saturated rings. The van der Waals surface area contributed by atoms with Crippen LogP contribution in [0.25, 0.3) is 0 Å². The van der Waals surface area contributed by atoms with E-state index in [1.165, 1.54) is 77.4 Å². The van der Waals surface area contributed by atoms with Gasteiger partial charge in [-0.25, -0.2) is 0 Å². The van der Waals surface area contributed by atoms with Gasteiger partial charge in [-0.1, -0.05) is 62.8 Å². The van der Waals surface area contributed by atoms with Gasteiger partial charge in [0.15, 0.2) is 0 Å². The molecule has 1 saturated carbocycles. The smallest absolute Gasteiger partial charge is 0.0654 e. The van der Waals surface area contributed by atoms with Gasteiger partial charge in [0, 0.05) is 5.92 Å². The number of allylic oxidation sites excluding steroid dienone is 2. The third kappa shape index (κ3) is 8.02. The number of fused-ring (bicyclic) bond motifs is 1. The third-order valence-electron chi connectivity index (χ3n) is 8.11. The van der Waals surface area contributed by atoms with Gasteiger partial charge in [-0.05, 0) is 96.2 Å². The zero-order valence-corrected chi connectivity index (χ0v) is 20.4. The lowest BCUT2D eigenvalue weighted by molar-refractivity contribution is 0.0513. The lowest BCUT2D eigenvalue weighted by atomic mass is 9.87. The van der Waals surface area contributed by atoms with Crippen LogP contribution in [-0.4, -0.2) is 46.5 Å². The predicted octanol–water partition coefficient (Wildman–Crippen LogP) is 6.25. The molecule has 0 unspecified atom stereocenters. The van der Waals surface area contributed by atoms with Crippen LogP contribution >= 0.6 is 0 Å². The summed E-state index contributed by atoms with van der Waals surface area (Å²) in [7, 11) is 0. The number of hydrogen-bond acceptors (Lipinski definition) is 3. The van der Waals surface area contributed by atoms with E-state index in [2.05, 4.69) is 30.1 Å². The van der Waals surface area contributed by atoms with Crippen LogP contribution in [-0.2, 0) is 0 Å². The fourth-order valence-corrected chi connectivity index (χ4v) is 6.15. The molecule has 0 aromatic carbocycles. The number of hydrogen-bond donors (Lipinski definition) is 2. The van der Waals surface area contributed by atoms with Gasteiger partial charge in [-0.3, -0.25) is 0 Å². The summed E-state index contributed by atoms with van der Waals surface area (Å²) in [6.07, 6.45) is 23.4. The number of likely N-dealkylation sites (tertiary alicyclic amines) is 1. The van der Waals surface area contributed by atoms with E-state index in [4.69, 9.17) is 0 Å². The molecular formula is C28H49NO2. The largest absolute Gasteiger partial charge is 0.392 e. The molecule has 1 heterocycles. The van der Waals surface area contributed by atoms with E-state index >= 15 is 0 Å². The van der Waals surface area contributed by atoms with Crippen molar-refractivity contribution in [3.63, 3.8) is 0 Å². The fourth-order valence-electron chi connectivity index (χ4n) is 6.15. The third-order valence-corrected chi connectivity index (χ3v) is 8.11. The molecule has 0 amide bonds. The molecular weight excluding hydrogens is 382 g/mol. The van der Waals surface area contributed by atoms with Crippen molar-refractivity contribution in [1.29, 1.82) is 0 Å². The molecule has 0 aromatic heterocycles. The Morgan fingerprint density at radius 3 is 2.65 bits per heavy atom. The highest BCUT2D eigenvalue weighted by atomic mass is 16.3. The molecule has 2 N–H and O–H groups in total. The van der Waals surface area contributed by atoms with Gasteiger partial charge in [0.2, 0.25) is 0 Å². The standard InChI is InChI=1S/C28H49NO2/c1-3-4-15-28(2,31)16-12-14-25-26-21-23(20-24(26)22-27(25)30)13-8-5-6-9-17-29-18-10-7-11-19-29/h12,14,20,24-27,30-31H,3-11,13,15-19,21-22H2,1-2H3/b14-12+/t24-,25+,26-,27+,28-/m0/s1. The molecule has 178 valence electrons. The Bertz CT molecular complexity index is 576. The summed E-state index contributed by atoms with van der Waals surface area (Å²) in [5, 5.41) is 21.1. The van der Waals surface area contributed by atoms with Crippen LogP contribution in [0, 0.1) is 17.8 Å². The number of nitrogens with zero attached hydrogens (tertiary/aromatic N) is 1. The van der Waals surface area contributed by atoms with Crippen molar-refractivity contribution in [2.24, 2.45) is 17.8 Å². The normalized spacial score (nSPS) is 31.2. The monoisotopic (exact) mass is 431 g/mol. The van der Waals surface area contributed by atoms with Crippen LogP contribution in [0.4, 0.5) is 0 Å². The van der Waals surface area contributed by atoms with E-state index < -0.39 is 5.60 Å². The minimum absolute atomic E-state index is 0.209. The highest BCUT2D eigenvalue weighted by molar-refractivity contribution is 5.20. The summed E-state index contributed by atoms with van der Waals surface area (Å²) in [5.74, 6) is 1.42. The summed E-state index contributed by atoms with van der Waals surface area (Å²) >= 11 is 0. The molecule has 3 rings (SSSR count). The minimum atomic E-state index is -0.609. The molecule has 31 heavy (non-hydrogen) atoms.